The number of nitrogens with zero attached hydrogens (tertiary/aromatic N) is 2. The highest BCUT2D eigenvalue weighted by Crippen LogP contribution is 2.33. The van der Waals surface area contributed by atoms with Crippen LogP contribution in [0.3, 0.4) is 0 Å². The average Bonchev–Trinajstić information content (AvgIpc) is 2.83. The zero-order chi connectivity index (χ0) is 13.7. The van der Waals surface area contributed by atoms with E-state index in [2.05, 4.69) is 21.9 Å². The standard InChI is InChI=1S/C15H28N4/c1-3-4-12-5-7-13(8-6-12)14(18-16)11-15-17-9-10-19(15)2/h9-10,12-14,18H,3-8,11,16H2,1-2H3. The number of rotatable bonds is 6. The molecular weight excluding hydrogens is 236 g/mol. The second kappa shape index (κ2) is 7.06. The van der Waals surface area contributed by atoms with Crippen molar-refractivity contribution in [3.8, 4) is 0 Å². The van der Waals surface area contributed by atoms with Crippen molar-refractivity contribution < 1.29 is 0 Å². The van der Waals surface area contributed by atoms with E-state index < -0.39 is 0 Å². The Morgan fingerprint density at radius 2 is 2.16 bits per heavy atom. The highest BCUT2D eigenvalue weighted by atomic mass is 15.2. The third kappa shape index (κ3) is 3.80. The van der Waals surface area contributed by atoms with Gasteiger partial charge in [0.25, 0.3) is 0 Å². The SMILES string of the molecule is CCCC1CCC(C(Cc2nccn2C)NN)CC1. The maximum Gasteiger partial charge on any atom is 0.109 e. The molecule has 1 aliphatic carbocycles. The van der Waals surface area contributed by atoms with Crippen LogP contribution in [0.15, 0.2) is 12.4 Å². The molecule has 4 nitrogen and oxygen atoms in total. The van der Waals surface area contributed by atoms with Crippen LogP contribution in [0.25, 0.3) is 0 Å². The first-order valence-corrected chi connectivity index (χ1v) is 7.66. The van der Waals surface area contributed by atoms with Gasteiger partial charge in [0.1, 0.15) is 5.82 Å². The lowest BCUT2D eigenvalue weighted by molar-refractivity contribution is 0.211. The summed E-state index contributed by atoms with van der Waals surface area (Å²) in [5.41, 5.74) is 3.03. The number of aryl methyl sites for hydroxylation is 1. The molecule has 1 saturated carbocycles. The van der Waals surface area contributed by atoms with Gasteiger partial charge in [0.15, 0.2) is 0 Å². The largest absolute Gasteiger partial charge is 0.338 e. The van der Waals surface area contributed by atoms with E-state index in [0.717, 1.165) is 18.2 Å². The van der Waals surface area contributed by atoms with E-state index >= 15 is 0 Å². The number of hydrogen-bond acceptors (Lipinski definition) is 3. The molecule has 0 aromatic carbocycles. The van der Waals surface area contributed by atoms with Crippen molar-refractivity contribution in [1.82, 2.24) is 15.0 Å². The molecule has 108 valence electrons. The maximum atomic E-state index is 5.78. The average molecular weight is 264 g/mol. The van der Waals surface area contributed by atoms with Gasteiger partial charge in [-0.25, -0.2) is 4.98 Å². The van der Waals surface area contributed by atoms with Gasteiger partial charge in [0.2, 0.25) is 0 Å². The van der Waals surface area contributed by atoms with E-state index in [1.165, 1.54) is 38.5 Å². The molecule has 1 aliphatic rings. The quantitative estimate of drug-likeness (QED) is 0.613. The molecule has 2 rings (SSSR count). The third-order valence-corrected chi connectivity index (χ3v) is 4.69. The summed E-state index contributed by atoms with van der Waals surface area (Å²) in [5.74, 6) is 8.56. The van der Waals surface area contributed by atoms with Gasteiger partial charge in [0, 0.05) is 31.9 Å². The fourth-order valence-corrected chi connectivity index (χ4v) is 3.44. The molecule has 0 saturated heterocycles. The first-order chi connectivity index (χ1) is 9.24. The zero-order valence-electron chi connectivity index (χ0n) is 12.3. The number of aromatic nitrogens is 2. The first-order valence-electron chi connectivity index (χ1n) is 7.66. The van der Waals surface area contributed by atoms with Crippen molar-refractivity contribution in [3.05, 3.63) is 18.2 Å². The minimum Gasteiger partial charge on any atom is -0.338 e. The van der Waals surface area contributed by atoms with Crippen LogP contribution >= 0.6 is 0 Å². The van der Waals surface area contributed by atoms with Gasteiger partial charge in [-0.15, -0.1) is 0 Å². The van der Waals surface area contributed by atoms with E-state index in [0.29, 0.717) is 12.0 Å². The van der Waals surface area contributed by atoms with Crippen LogP contribution in [0.1, 0.15) is 51.3 Å². The van der Waals surface area contributed by atoms with Crippen LogP contribution in [0, 0.1) is 11.8 Å². The highest BCUT2D eigenvalue weighted by molar-refractivity contribution is 4.96. The third-order valence-electron chi connectivity index (χ3n) is 4.69. The number of hydrogen-bond donors (Lipinski definition) is 2. The Morgan fingerprint density at radius 1 is 1.42 bits per heavy atom. The summed E-state index contributed by atoms with van der Waals surface area (Å²) in [7, 11) is 2.05. The molecule has 0 bridgehead atoms. The minimum absolute atomic E-state index is 0.365. The topological polar surface area (TPSA) is 55.9 Å². The molecule has 1 aromatic rings. The smallest absolute Gasteiger partial charge is 0.109 e. The van der Waals surface area contributed by atoms with Gasteiger partial charge in [-0.2, -0.15) is 0 Å². The van der Waals surface area contributed by atoms with E-state index in [1.807, 2.05) is 19.4 Å². The second-order valence-corrected chi connectivity index (χ2v) is 6.00. The van der Waals surface area contributed by atoms with E-state index in [-0.39, 0.29) is 0 Å². The number of imidazole rings is 1. The van der Waals surface area contributed by atoms with Gasteiger partial charge in [-0.3, -0.25) is 11.3 Å². The summed E-state index contributed by atoms with van der Waals surface area (Å²) in [5, 5.41) is 0. The molecule has 3 N–H and O–H groups in total. The molecule has 1 aromatic heterocycles. The number of nitrogens with two attached hydrogens (primary N) is 1. The molecule has 1 unspecified atom stereocenters. The predicted octanol–water partition coefficient (Wildman–Crippen LogP) is 2.40. The summed E-state index contributed by atoms with van der Waals surface area (Å²) >= 11 is 0. The monoisotopic (exact) mass is 264 g/mol. The summed E-state index contributed by atoms with van der Waals surface area (Å²) < 4.78 is 2.09. The second-order valence-electron chi connectivity index (χ2n) is 6.00. The Labute approximate surface area is 116 Å². The fourth-order valence-electron chi connectivity index (χ4n) is 3.44. The molecule has 0 radical (unpaired) electrons. The Morgan fingerprint density at radius 3 is 2.68 bits per heavy atom. The summed E-state index contributed by atoms with van der Waals surface area (Å²) in [4.78, 5) is 4.41. The lowest BCUT2D eigenvalue weighted by Crippen LogP contribution is -2.44. The molecule has 0 aliphatic heterocycles. The lowest BCUT2D eigenvalue weighted by Gasteiger charge is -2.33. The van der Waals surface area contributed by atoms with Crippen LogP contribution < -0.4 is 11.3 Å². The van der Waals surface area contributed by atoms with Crippen molar-refractivity contribution >= 4 is 0 Å². The normalized spacial score (nSPS) is 25.4. The fraction of sp³-hybridized carbons (Fsp3) is 0.800. The number of hydrazine groups is 1. The molecule has 1 fully saturated rings. The minimum atomic E-state index is 0.365. The van der Waals surface area contributed by atoms with Gasteiger partial charge >= 0.3 is 0 Å². The van der Waals surface area contributed by atoms with Gasteiger partial charge in [0.05, 0.1) is 0 Å². The Balaban J connectivity index is 1.87. The molecular formula is C15H28N4. The Bertz CT molecular complexity index is 366. The molecule has 0 spiro atoms. The van der Waals surface area contributed by atoms with Crippen LogP contribution in [-0.4, -0.2) is 15.6 Å². The molecule has 1 heterocycles. The van der Waals surface area contributed by atoms with E-state index in [4.69, 9.17) is 5.84 Å². The van der Waals surface area contributed by atoms with Crippen LogP contribution in [0.4, 0.5) is 0 Å². The highest BCUT2D eigenvalue weighted by Gasteiger charge is 2.27. The van der Waals surface area contributed by atoms with Crippen molar-refractivity contribution in [3.63, 3.8) is 0 Å². The predicted molar refractivity (Wildman–Crippen MR) is 78.4 cm³/mol. The summed E-state index contributed by atoms with van der Waals surface area (Å²) in [6, 6.07) is 0.365. The van der Waals surface area contributed by atoms with Crippen molar-refractivity contribution in [2.75, 3.05) is 0 Å². The van der Waals surface area contributed by atoms with Crippen molar-refractivity contribution in [2.24, 2.45) is 24.7 Å². The van der Waals surface area contributed by atoms with Crippen LogP contribution in [0.2, 0.25) is 0 Å². The molecule has 19 heavy (non-hydrogen) atoms. The van der Waals surface area contributed by atoms with E-state index in [1.54, 1.807) is 0 Å². The molecule has 1 atom stereocenters. The van der Waals surface area contributed by atoms with Crippen LogP contribution in [-0.2, 0) is 13.5 Å². The van der Waals surface area contributed by atoms with E-state index in [9.17, 15) is 0 Å². The van der Waals surface area contributed by atoms with Gasteiger partial charge in [-0.05, 0) is 24.7 Å². The first kappa shape index (κ1) is 14.5. The Hall–Kier alpha value is -0.870. The number of nitrogens with one attached hydrogen (secondary N) is 1. The lowest BCUT2D eigenvalue weighted by atomic mass is 9.76. The van der Waals surface area contributed by atoms with Crippen LogP contribution in [0.5, 0.6) is 0 Å². The molecule has 0 amide bonds. The summed E-state index contributed by atoms with van der Waals surface area (Å²) in [6.07, 6.45) is 12.9. The summed E-state index contributed by atoms with van der Waals surface area (Å²) in [6.45, 7) is 2.29. The molecule has 4 heteroatoms. The van der Waals surface area contributed by atoms with Crippen molar-refractivity contribution in [1.29, 1.82) is 0 Å². The van der Waals surface area contributed by atoms with Crippen molar-refractivity contribution in [2.45, 2.75) is 57.9 Å². The maximum absolute atomic E-state index is 5.78. The zero-order valence-corrected chi connectivity index (χ0v) is 12.3. The van der Waals surface area contributed by atoms with Gasteiger partial charge < -0.3 is 4.57 Å². The Kier molecular flexibility index (Phi) is 5.40. The van der Waals surface area contributed by atoms with Gasteiger partial charge in [-0.1, -0.05) is 32.6 Å².